The second-order valence-corrected chi connectivity index (χ2v) is 5.45. The van der Waals surface area contributed by atoms with Gasteiger partial charge in [-0.2, -0.15) is 0 Å². The van der Waals surface area contributed by atoms with Crippen LogP contribution < -0.4 is 0 Å². The number of hydrogen-bond acceptors (Lipinski definition) is 5. The van der Waals surface area contributed by atoms with Crippen molar-refractivity contribution in [1.29, 1.82) is 0 Å². The minimum atomic E-state index is -0.473. The van der Waals surface area contributed by atoms with Crippen molar-refractivity contribution in [2.75, 3.05) is 0 Å². The molecule has 0 saturated heterocycles. The van der Waals surface area contributed by atoms with E-state index in [2.05, 4.69) is 9.97 Å². The van der Waals surface area contributed by atoms with E-state index in [9.17, 15) is 9.90 Å². The van der Waals surface area contributed by atoms with Crippen molar-refractivity contribution >= 4 is 17.1 Å². The summed E-state index contributed by atoms with van der Waals surface area (Å²) in [6, 6.07) is 0. The number of nitrogens with zero attached hydrogens (tertiary/aromatic N) is 3. The highest BCUT2D eigenvalue weighted by molar-refractivity contribution is 7.16. The molecular formula is C12H13N3O2S. The molecule has 1 N–H and O–H groups in total. The van der Waals surface area contributed by atoms with Gasteiger partial charge in [0.05, 0.1) is 23.0 Å². The first-order valence-corrected chi connectivity index (χ1v) is 6.68. The van der Waals surface area contributed by atoms with Gasteiger partial charge in [0, 0.05) is 19.7 Å². The van der Waals surface area contributed by atoms with Crippen LogP contribution in [0.4, 0.5) is 0 Å². The Labute approximate surface area is 108 Å². The quantitative estimate of drug-likeness (QED) is 0.842. The average Bonchev–Trinajstić information content (AvgIpc) is 2.94. The van der Waals surface area contributed by atoms with Gasteiger partial charge in [0.1, 0.15) is 5.69 Å². The summed E-state index contributed by atoms with van der Waals surface area (Å²) in [5, 5.41) is 10.5. The SMILES string of the molecule is CC(=O)c1ncc(-c2ncn3c2C(O)CCC3)s1. The maximum atomic E-state index is 11.3. The van der Waals surface area contributed by atoms with Crippen molar-refractivity contribution in [3.8, 4) is 10.6 Å². The number of aliphatic hydroxyl groups excluding tert-OH is 1. The number of aliphatic hydroxyl groups is 1. The number of ketones is 1. The van der Waals surface area contributed by atoms with Gasteiger partial charge in [-0.15, -0.1) is 11.3 Å². The Kier molecular flexibility index (Phi) is 2.76. The fourth-order valence-corrected chi connectivity index (χ4v) is 3.06. The Morgan fingerprint density at radius 1 is 1.56 bits per heavy atom. The second kappa shape index (κ2) is 4.29. The van der Waals surface area contributed by atoms with Crippen LogP contribution in [-0.4, -0.2) is 25.4 Å². The third-order valence-electron chi connectivity index (χ3n) is 3.11. The molecule has 3 heterocycles. The van der Waals surface area contributed by atoms with Crippen molar-refractivity contribution in [3.63, 3.8) is 0 Å². The van der Waals surface area contributed by atoms with Crippen LogP contribution in [0.3, 0.4) is 0 Å². The van der Waals surface area contributed by atoms with Crippen molar-refractivity contribution in [3.05, 3.63) is 23.2 Å². The highest BCUT2D eigenvalue weighted by Crippen LogP contribution is 2.35. The Morgan fingerprint density at radius 3 is 3.11 bits per heavy atom. The van der Waals surface area contributed by atoms with Gasteiger partial charge in [-0.1, -0.05) is 0 Å². The Balaban J connectivity index is 2.06. The maximum absolute atomic E-state index is 11.3. The van der Waals surface area contributed by atoms with Gasteiger partial charge in [0.15, 0.2) is 10.8 Å². The molecular weight excluding hydrogens is 250 g/mol. The topological polar surface area (TPSA) is 68.0 Å². The zero-order valence-electron chi connectivity index (χ0n) is 9.96. The summed E-state index contributed by atoms with van der Waals surface area (Å²) in [6.07, 6.45) is 4.66. The first kappa shape index (κ1) is 11.6. The number of rotatable bonds is 2. The summed E-state index contributed by atoms with van der Waals surface area (Å²) in [5.74, 6) is -0.0418. The molecule has 2 aromatic rings. The van der Waals surface area contributed by atoms with E-state index in [4.69, 9.17) is 0 Å². The number of thiazole rings is 1. The molecule has 1 atom stereocenters. The normalized spacial score (nSPS) is 18.7. The largest absolute Gasteiger partial charge is 0.387 e. The lowest BCUT2D eigenvalue weighted by Crippen LogP contribution is -2.14. The molecule has 0 fully saturated rings. The van der Waals surface area contributed by atoms with E-state index in [1.165, 1.54) is 18.3 Å². The lowest BCUT2D eigenvalue weighted by Gasteiger charge is -2.20. The highest BCUT2D eigenvalue weighted by Gasteiger charge is 2.24. The van der Waals surface area contributed by atoms with Gasteiger partial charge in [-0.05, 0) is 12.8 Å². The van der Waals surface area contributed by atoms with Crippen molar-refractivity contribution in [2.45, 2.75) is 32.4 Å². The molecule has 0 saturated carbocycles. The highest BCUT2D eigenvalue weighted by atomic mass is 32.1. The fourth-order valence-electron chi connectivity index (χ4n) is 2.25. The van der Waals surface area contributed by atoms with Gasteiger partial charge >= 0.3 is 0 Å². The summed E-state index contributed by atoms with van der Waals surface area (Å²) in [7, 11) is 0. The van der Waals surface area contributed by atoms with E-state index < -0.39 is 6.10 Å². The molecule has 2 aromatic heterocycles. The zero-order valence-corrected chi connectivity index (χ0v) is 10.8. The summed E-state index contributed by atoms with van der Waals surface area (Å²) in [4.78, 5) is 20.5. The molecule has 0 amide bonds. The van der Waals surface area contributed by atoms with E-state index >= 15 is 0 Å². The van der Waals surface area contributed by atoms with Crippen LogP contribution in [0.2, 0.25) is 0 Å². The number of carbonyl (C=O) groups excluding carboxylic acids is 1. The first-order chi connectivity index (χ1) is 8.66. The summed E-state index contributed by atoms with van der Waals surface area (Å²) in [5.41, 5.74) is 1.60. The Morgan fingerprint density at radius 2 is 2.39 bits per heavy atom. The third-order valence-corrected chi connectivity index (χ3v) is 4.22. The van der Waals surface area contributed by atoms with E-state index in [1.54, 1.807) is 12.5 Å². The van der Waals surface area contributed by atoms with E-state index in [0.717, 1.165) is 35.7 Å². The lowest BCUT2D eigenvalue weighted by molar-refractivity contribution is 0.101. The molecule has 1 aliphatic heterocycles. The maximum Gasteiger partial charge on any atom is 0.188 e. The molecule has 0 aromatic carbocycles. The smallest absolute Gasteiger partial charge is 0.188 e. The van der Waals surface area contributed by atoms with E-state index in [-0.39, 0.29) is 5.78 Å². The minimum absolute atomic E-state index is 0.0418. The lowest BCUT2D eigenvalue weighted by atomic mass is 10.0. The predicted octanol–water partition coefficient (Wildman–Crippen LogP) is 2.04. The molecule has 6 heteroatoms. The van der Waals surface area contributed by atoms with Crippen LogP contribution in [0, 0.1) is 0 Å². The standard InChI is InChI=1S/C12H13N3O2S/c1-7(16)12-13-5-9(18-12)10-11-8(17)3-2-4-15(11)6-14-10/h5-6,8,17H,2-4H2,1H3. The van der Waals surface area contributed by atoms with Crippen LogP contribution in [0.15, 0.2) is 12.5 Å². The van der Waals surface area contributed by atoms with Gasteiger partial charge < -0.3 is 9.67 Å². The fraction of sp³-hybridized carbons (Fsp3) is 0.417. The molecule has 1 unspecified atom stereocenters. The Hall–Kier alpha value is -1.53. The second-order valence-electron chi connectivity index (χ2n) is 4.42. The van der Waals surface area contributed by atoms with Gasteiger partial charge in [0.2, 0.25) is 0 Å². The number of fused-ring (bicyclic) bond motifs is 1. The average molecular weight is 263 g/mol. The van der Waals surface area contributed by atoms with Crippen LogP contribution in [0.25, 0.3) is 10.6 Å². The van der Waals surface area contributed by atoms with Gasteiger partial charge in [0.25, 0.3) is 0 Å². The summed E-state index contributed by atoms with van der Waals surface area (Å²) in [6.45, 7) is 2.39. The van der Waals surface area contributed by atoms with Crippen LogP contribution in [0.5, 0.6) is 0 Å². The van der Waals surface area contributed by atoms with Crippen LogP contribution in [0.1, 0.15) is 41.4 Å². The van der Waals surface area contributed by atoms with Crippen molar-refractivity contribution in [1.82, 2.24) is 14.5 Å². The summed E-state index contributed by atoms with van der Waals surface area (Å²) >= 11 is 1.33. The van der Waals surface area contributed by atoms with Crippen LogP contribution >= 0.6 is 11.3 Å². The molecule has 1 aliphatic rings. The Bertz CT molecular complexity index is 602. The van der Waals surface area contributed by atoms with E-state index in [1.807, 2.05) is 4.57 Å². The molecule has 0 radical (unpaired) electrons. The monoisotopic (exact) mass is 263 g/mol. The third kappa shape index (κ3) is 1.77. The zero-order chi connectivity index (χ0) is 12.7. The number of imidazole rings is 1. The molecule has 3 rings (SSSR count). The van der Waals surface area contributed by atoms with Crippen LogP contribution in [-0.2, 0) is 6.54 Å². The summed E-state index contributed by atoms with van der Waals surface area (Å²) < 4.78 is 1.98. The van der Waals surface area contributed by atoms with Gasteiger partial charge in [-0.25, -0.2) is 9.97 Å². The number of aryl methyl sites for hydroxylation is 1. The van der Waals surface area contributed by atoms with E-state index in [0.29, 0.717) is 5.01 Å². The van der Waals surface area contributed by atoms with Crippen molar-refractivity contribution in [2.24, 2.45) is 0 Å². The predicted molar refractivity (Wildman–Crippen MR) is 67.5 cm³/mol. The van der Waals surface area contributed by atoms with Gasteiger partial charge in [-0.3, -0.25) is 4.79 Å². The molecule has 94 valence electrons. The molecule has 0 bridgehead atoms. The first-order valence-electron chi connectivity index (χ1n) is 5.87. The number of carbonyl (C=O) groups is 1. The molecule has 0 spiro atoms. The number of hydrogen-bond donors (Lipinski definition) is 1. The molecule has 0 aliphatic carbocycles. The number of Topliss-reactive ketones (excluding diaryl/α,β-unsaturated/α-hetero) is 1. The van der Waals surface area contributed by atoms with Crippen molar-refractivity contribution < 1.29 is 9.90 Å². The molecule has 5 nitrogen and oxygen atoms in total. The minimum Gasteiger partial charge on any atom is -0.387 e. The molecule has 18 heavy (non-hydrogen) atoms. The number of aromatic nitrogens is 3.